The molecule has 0 aromatic heterocycles. The molecule has 0 saturated carbocycles. The van der Waals surface area contributed by atoms with Crippen LogP contribution >= 0.6 is 27.5 Å². The lowest BCUT2D eigenvalue weighted by molar-refractivity contribution is -0.107. The van der Waals surface area contributed by atoms with Crippen LogP contribution in [0, 0.1) is 0 Å². The van der Waals surface area contributed by atoms with Gasteiger partial charge in [0.15, 0.2) is 0 Å². The molecule has 0 bridgehead atoms. The zero-order chi connectivity index (χ0) is 13.7. The van der Waals surface area contributed by atoms with Crippen LogP contribution in [0.15, 0.2) is 46.9 Å². The number of hydrogen-bond donors (Lipinski definition) is 0. The van der Waals surface area contributed by atoms with E-state index >= 15 is 0 Å². The molecule has 0 saturated heterocycles. The van der Waals surface area contributed by atoms with Gasteiger partial charge in [0.1, 0.15) is 6.29 Å². The maximum absolute atomic E-state index is 10.5. The van der Waals surface area contributed by atoms with E-state index in [0.717, 1.165) is 27.4 Å². The summed E-state index contributed by atoms with van der Waals surface area (Å²) in [5.74, 6) is 0. The highest BCUT2D eigenvalue weighted by molar-refractivity contribution is 9.10. The predicted octanol–water partition coefficient (Wildman–Crippen LogP) is 5.01. The molecule has 0 spiro atoms. The Morgan fingerprint density at radius 2 is 1.95 bits per heavy atom. The summed E-state index contributed by atoms with van der Waals surface area (Å²) in [7, 11) is 0. The van der Waals surface area contributed by atoms with E-state index in [4.69, 9.17) is 11.6 Å². The molecule has 1 nitrogen and oxygen atoms in total. The molecule has 0 radical (unpaired) electrons. The van der Waals surface area contributed by atoms with Gasteiger partial charge in [-0.15, -0.1) is 0 Å². The van der Waals surface area contributed by atoms with Gasteiger partial charge in [-0.2, -0.15) is 0 Å². The van der Waals surface area contributed by atoms with E-state index in [1.807, 2.05) is 54.6 Å². The number of rotatable bonds is 4. The summed E-state index contributed by atoms with van der Waals surface area (Å²) in [6, 6.07) is 13.6. The van der Waals surface area contributed by atoms with Crippen LogP contribution in [0.5, 0.6) is 0 Å². The highest BCUT2D eigenvalue weighted by Crippen LogP contribution is 2.23. The van der Waals surface area contributed by atoms with Gasteiger partial charge in [-0.1, -0.05) is 70.0 Å². The second kappa shape index (κ2) is 6.69. The first kappa shape index (κ1) is 14.0. The van der Waals surface area contributed by atoms with Crippen molar-refractivity contribution in [2.24, 2.45) is 0 Å². The molecule has 0 heterocycles. The van der Waals surface area contributed by atoms with Gasteiger partial charge in [0, 0.05) is 15.9 Å². The summed E-state index contributed by atoms with van der Waals surface area (Å²) in [4.78, 5) is 10.5. The molecule has 2 aromatic carbocycles. The largest absolute Gasteiger partial charge is 0.303 e. The lowest BCUT2D eigenvalue weighted by Crippen LogP contribution is -1.85. The van der Waals surface area contributed by atoms with Gasteiger partial charge in [-0.25, -0.2) is 0 Å². The first-order valence-electron chi connectivity index (χ1n) is 5.85. The van der Waals surface area contributed by atoms with Gasteiger partial charge in [0.25, 0.3) is 0 Å². The van der Waals surface area contributed by atoms with Crippen LogP contribution in [-0.2, 0) is 11.2 Å². The highest BCUT2D eigenvalue weighted by Gasteiger charge is 1.97. The van der Waals surface area contributed by atoms with Crippen LogP contribution < -0.4 is 0 Å². The minimum absolute atomic E-state index is 0.451. The molecule has 3 heteroatoms. The highest BCUT2D eigenvalue weighted by atomic mass is 79.9. The average molecular weight is 336 g/mol. The average Bonchev–Trinajstić information content (AvgIpc) is 2.38. The third-order valence-corrected chi connectivity index (χ3v) is 3.61. The lowest BCUT2D eigenvalue weighted by Gasteiger charge is -2.00. The maximum Gasteiger partial charge on any atom is 0.124 e. The van der Waals surface area contributed by atoms with Gasteiger partial charge in [0.05, 0.1) is 0 Å². The zero-order valence-corrected chi connectivity index (χ0v) is 12.5. The van der Waals surface area contributed by atoms with E-state index in [1.54, 1.807) is 0 Å². The monoisotopic (exact) mass is 334 g/mol. The predicted molar refractivity (Wildman–Crippen MR) is 84.3 cm³/mol. The maximum atomic E-state index is 10.5. The second-order valence-corrected chi connectivity index (χ2v) is 5.41. The summed E-state index contributed by atoms with van der Waals surface area (Å²) in [5.41, 5.74) is 3.15. The van der Waals surface area contributed by atoms with Crippen molar-refractivity contribution in [3.8, 4) is 0 Å². The summed E-state index contributed by atoms with van der Waals surface area (Å²) in [6.45, 7) is 0. The molecule has 19 heavy (non-hydrogen) atoms. The molecule has 0 atom stereocenters. The van der Waals surface area contributed by atoms with Crippen LogP contribution in [0.4, 0.5) is 0 Å². The smallest absolute Gasteiger partial charge is 0.124 e. The molecule has 2 rings (SSSR count). The topological polar surface area (TPSA) is 17.1 Å². The Bertz CT molecular complexity index is 620. The molecule has 2 aromatic rings. The Labute approximate surface area is 126 Å². The minimum atomic E-state index is 0.451. The lowest BCUT2D eigenvalue weighted by atomic mass is 10.1. The first-order chi connectivity index (χ1) is 9.19. The van der Waals surface area contributed by atoms with Crippen LogP contribution in [0.1, 0.15) is 16.7 Å². The minimum Gasteiger partial charge on any atom is -0.303 e. The summed E-state index contributed by atoms with van der Waals surface area (Å²) >= 11 is 9.38. The number of halogens is 2. The molecule has 0 N–H and O–H groups in total. The molecule has 0 aliphatic rings. The summed E-state index contributed by atoms with van der Waals surface area (Å²) < 4.78 is 0.959. The van der Waals surface area contributed by atoms with Gasteiger partial charge in [0.2, 0.25) is 0 Å². The van der Waals surface area contributed by atoms with E-state index in [9.17, 15) is 4.79 Å². The Morgan fingerprint density at radius 1 is 1.11 bits per heavy atom. The number of hydrogen-bond acceptors (Lipinski definition) is 1. The van der Waals surface area contributed by atoms with Crippen LogP contribution in [0.25, 0.3) is 12.2 Å². The molecular formula is C16H12BrClO. The molecule has 0 aliphatic carbocycles. The van der Waals surface area contributed by atoms with Crippen molar-refractivity contribution < 1.29 is 4.79 Å². The summed E-state index contributed by atoms with van der Waals surface area (Å²) in [6.07, 6.45) is 5.40. The van der Waals surface area contributed by atoms with Crippen molar-refractivity contribution in [3.63, 3.8) is 0 Å². The van der Waals surface area contributed by atoms with Crippen LogP contribution in [0.3, 0.4) is 0 Å². The second-order valence-electron chi connectivity index (χ2n) is 4.11. The van der Waals surface area contributed by atoms with E-state index < -0.39 is 0 Å². The van der Waals surface area contributed by atoms with Gasteiger partial charge >= 0.3 is 0 Å². The third kappa shape index (κ3) is 4.05. The van der Waals surface area contributed by atoms with Gasteiger partial charge in [-0.05, 0) is 28.8 Å². The summed E-state index contributed by atoms with van der Waals surface area (Å²) in [5, 5.41) is 0.706. The van der Waals surface area contributed by atoms with Crippen LogP contribution in [0.2, 0.25) is 5.02 Å². The normalized spacial score (nSPS) is 10.8. The van der Waals surface area contributed by atoms with Gasteiger partial charge in [-0.3, -0.25) is 0 Å². The number of carbonyl (C=O) groups excluding carboxylic acids is 1. The van der Waals surface area contributed by atoms with Crippen molar-refractivity contribution in [3.05, 3.63) is 68.7 Å². The Balaban J connectivity index is 2.22. The van der Waals surface area contributed by atoms with E-state index in [0.29, 0.717) is 11.4 Å². The van der Waals surface area contributed by atoms with Crippen molar-refractivity contribution in [2.45, 2.75) is 6.42 Å². The fourth-order valence-corrected chi connectivity index (χ4v) is 2.56. The SMILES string of the molecule is O=CCc1cccc(C=Cc2ccc(Cl)cc2Br)c1. The van der Waals surface area contributed by atoms with E-state index in [2.05, 4.69) is 15.9 Å². The van der Waals surface area contributed by atoms with Crippen molar-refractivity contribution in [2.75, 3.05) is 0 Å². The zero-order valence-electron chi connectivity index (χ0n) is 10.1. The van der Waals surface area contributed by atoms with Crippen molar-refractivity contribution in [1.29, 1.82) is 0 Å². The first-order valence-corrected chi connectivity index (χ1v) is 7.02. The Hall–Kier alpha value is -1.38. The Morgan fingerprint density at radius 3 is 2.68 bits per heavy atom. The van der Waals surface area contributed by atoms with E-state index in [-0.39, 0.29) is 0 Å². The fourth-order valence-electron chi connectivity index (χ4n) is 1.74. The molecular weight excluding hydrogens is 324 g/mol. The van der Waals surface area contributed by atoms with E-state index in [1.165, 1.54) is 0 Å². The Kier molecular flexibility index (Phi) is 4.94. The standard InChI is InChI=1S/C16H12BrClO/c17-16-11-15(18)7-6-14(16)5-4-12-2-1-3-13(10-12)8-9-19/h1-7,9-11H,8H2. The molecule has 0 fully saturated rings. The molecule has 0 amide bonds. The van der Waals surface area contributed by atoms with Crippen LogP contribution in [-0.4, -0.2) is 6.29 Å². The van der Waals surface area contributed by atoms with Gasteiger partial charge < -0.3 is 4.79 Å². The fraction of sp³-hybridized carbons (Fsp3) is 0.0625. The quantitative estimate of drug-likeness (QED) is 0.567. The molecule has 0 unspecified atom stereocenters. The van der Waals surface area contributed by atoms with Crippen molar-refractivity contribution >= 4 is 46.0 Å². The number of carbonyl (C=O) groups is 1. The molecule has 96 valence electrons. The number of aldehydes is 1. The number of benzene rings is 2. The third-order valence-electron chi connectivity index (χ3n) is 2.69. The molecule has 0 aliphatic heterocycles. The van der Waals surface area contributed by atoms with Crippen molar-refractivity contribution in [1.82, 2.24) is 0 Å².